The quantitative estimate of drug-likeness (QED) is 0.303. The predicted octanol–water partition coefficient (Wildman–Crippen LogP) is 7.30. The molecule has 2 aliphatic carbocycles. The zero-order chi connectivity index (χ0) is 18.8. The van der Waals surface area contributed by atoms with Gasteiger partial charge in [-0.05, 0) is 0 Å². The number of hydrogen-bond acceptors (Lipinski definition) is 0. The first-order valence-electron chi connectivity index (χ1n) is 10.7. The minimum absolute atomic E-state index is 0. The summed E-state index contributed by atoms with van der Waals surface area (Å²) in [5.74, 6) is 0. The van der Waals surface area contributed by atoms with Crippen LogP contribution in [0.25, 0.3) is 0 Å². The van der Waals surface area contributed by atoms with E-state index in [1.54, 1.807) is 33.4 Å². The van der Waals surface area contributed by atoms with E-state index in [4.69, 9.17) is 0 Å². The van der Waals surface area contributed by atoms with Crippen LogP contribution in [0.3, 0.4) is 0 Å². The molecule has 0 fully saturated rings. The first kappa shape index (κ1) is 34.8. The van der Waals surface area contributed by atoms with Crippen molar-refractivity contribution in [2.75, 3.05) is 0 Å². The molecule has 0 heterocycles. The zero-order valence-electron chi connectivity index (χ0n) is 19.8. The fourth-order valence-corrected chi connectivity index (χ4v) is 4.41. The first-order chi connectivity index (χ1) is 12.8. The Kier molecular flexibility index (Phi) is 23.1. The van der Waals surface area contributed by atoms with Crippen LogP contribution in [-0.4, -0.2) is 7.63 Å². The number of fused-ring (bicyclic) bond motifs is 2. The summed E-state index contributed by atoms with van der Waals surface area (Å²) in [5, 5.41) is 0. The molecule has 0 aliphatic heterocycles. The molecule has 0 saturated heterocycles. The summed E-state index contributed by atoms with van der Waals surface area (Å²) >= 11 is 2.03. The van der Waals surface area contributed by atoms with Gasteiger partial charge in [0, 0.05) is 0 Å². The molecule has 0 atom stereocenters. The van der Waals surface area contributed by atoms with Crippen LogP contribution in [0.4, 0.5) is 0 Å². The Balaban J connectivity index is -0.000000400. The van der Waals surface area contributed by atoms with Crippen LogP contribution in [0.15, 0.2) is 24.3 Å². The summed E-state index contributed by atoms with van der Waals surface area (Å²) in [5.41, 5.74) is 9.72. The summed E-state index contributed by atoms with van der Waals surface area (Å²) in [6, 6.07) is 9.71. The van der Waals surface area contributed by atoms with Crippen LogP contribution in [0, 0.1) is 14.9 Å². The van der Waals surface area contributed by atoms with Crippen LogP contribution in [0.1, 0.15) is 85.8 Å². The molecule has 30 heavy (non-hydrogen) atoms. The molecule has 0 amide bonds. The Morgan fingerprint density at radius 2 is 1.03 bits per heavy atom. The summed E-state index contributed by atoms with van der Waals surface area (Å²) in [4.78, 5) is 0. The van der Waals surface area contributed by atoms with Crippen molar-refractivity contribution >= 4 is 32.4 Å². The van der Waals surface area contributed by atoms with Gasteiger partial charge in [-0.15, -0.1) is 24.8 Å². The Bertz CT molecular complexity index is 557. The summed E-state index contributed by atoms with van der Waals surface area (Å²) in [6.07, 6.45) is 16.1. The van der Waals surface area contributed by atoms with Gasteiger partial charge in [0.05, 0.1) is 0 Å². The third kappa shape index (κ3) is 10.7. The van der Waals surface area contributed by atoms with E-state index in [1.165, 1.54) is 77.0 Å². The van der Waals surface area contributed by atoms with Crippen molar-refractivity contribution in [2.45, 2.75) is 90.9 Å². The average Bonchev–Trinajstić information content (AvgIpc) is 3.27. The van der Waals surface area contributed by atoms with Crippen molar-refractivity contribution < 1.29 is 19.2 Å². The molecular weight excluding hydrogens is 459 g/mol. The van der Waals surface area contributed by atoms with Crippen LogP contribution < -0.4 is 0 Å². The summed E-state index contributed by atoms with van der Waals surface area (Å²) in [6.45, 7) is 4.51. The van der Waals surface area contributed by atoms with Gasteiger partial charge >= 0.3 is 26.8 Å². The Morgan fingerprint density at radius 3 is 1.33 bits per heavy atom. The van der Waals surface area contributed by atoms with Crippen LogP contribution in [-0.2, 0) is 57.7 Å². The second-order valence-corrected chi connectivity index (χ2v) is 7.74. The van der Waals surface area contributed by atoms with E-state index in [0.717, 1.165) is 0 Å². The molecule has 0 spiro atoms. The van der Waals surface area contributed by atoms with Crippen molar-refractivity contribution in [3.63, 3.8) is 0 Å². The van der Waals surface area contributed by atoms with E-state index in [2.05, 4.69) is 38.1 Å². The van der Waals surface area contributed by atoms with Crippen LogP contribution in [0.2, 0.25) is 0 Å². The molecule has 4 rings (SSSR count). The van der Waals surface area contributed by atoms with Crippen LogP contribution in [0.5, 0.6) is 0 Å². The molecule has 0 bridgehead atoms. The normalized spacial score (nSPS) is 13.0. The fraction of sp³-hybridized carbons (Fsp3) is 0.538. The van der Waals surface area contributed by atoms with Gasteiger partial charge in [0.1, 0.15) is 0 Å². The van der Waals surface area contributed by atoms with Crippen LogP contribution >= 0.6 is 24.8 Å². The zero-order valence-corrected chi connectivity index (χ0v) is 24.4. The molecule has 0 saturated carbocycles. The van der Waals surface area contributed by atoms with Gasteiger partial charge in [-0.1, -0.05) is 90.9 Å². The van der Waals surface area contributed by atoms with Crippen molar-refractivity contribution in [3.05, 3.63) is 72.5 Å². The number of aryl methyl sites for hydroxylation is 6. The van der Waals surface area contributed by atoms with E-state index >= 15 is 0 Å². The van der Waals surface area contributed by atoms with Crippen molar-refractivity contribution in [3.8, 4) is 0 Å². The van der Waals surface area contributed by atoms with Gasteiger partial charge in [0.2, 0.25) is 0 Å². The Hall–Kier alpha value is 0.211. The van der Waals surface area contributed by atoms with Gasteiger partial charge in [-0.3, -0.25) is 0 Å². The van der Waals surface area contributed by atoms with Gasteiger partial charge in [0.25, 0.3) is 0 Å². The summed E-state index contributed by atoms with van der Waals surface area (Å²) in [7, 11) is 1.86. The monoisotopic (exact) mass is 502 g/mol. The second-order valence-electron chi connectivity index (χ2n) is 7.74. The number of rotatable bonds is 4. The Labute approximate surface area is 214 Å². The topological polar surface area (TPSA) is 0 Å². The third-order valence-corrected chi connectivity index (χ3v) is 5.63. The first-order valence-corrected chi connectivity index (χ1v) is 14.7. The molecular formula is C26H44Cl2SiTi-4. The van der Waals surface area contributed by atoms with E-state index in [0.29, 0.717) is 0 Å². The SMILES string of the molecule is CCCc1cc2c([cH-]1)CCCC2.CCCc1cc2c([cH-]1)CCCC2.Cl.Cl.[CH3-].[CH3-].[SiH2]=[Ti]. The van der Waals surface area contributed by atoms with Gasteiger partial charge in [-0.25, -0.2) is 12.1 Å². The van der Waals surface area contributed by atoms with E-state index in [9.17, 15) is 0 Å². The molecule has 0 N–H and O–H groups in total. The number of hydrogen-bond donors (Lipinski definition) is 0. The van der Waals surface area contributed by atoms with Crippen molar-refractivity contribution in [2.24, 2.45) is 0 Å². The second kappa shape index (κ2) is 19.9. The van der Waals surface area contributed by atoms with Crippen molar-refractivity contribution in [1.29, 1.82) is 0 Å². The molecule has 4 heteroatoms. The molecule has 2 aromatic carbocycles. The Morgan fingerprint density at radius 1 is 0.700 bits per heavy atom. The van der Waals surface area contributed by atoms with E-state index in [1.807, 2.05) is 26.8 Å². The fourth-order valence-electron chi connectivity index (χ4n) is 4.41. The van der Waals surface area contributed by atoms with E-state index in [-0.39, 0.29) is 39.7 Å². The summed E-state index contributed by atoms with van der Waals surface area (Å²) < 4.78 is 0. The van der Waals surface area contributed by atoms with Gasteiger partial charge in [-0.2, -0.15) is 45.5 Å². The van der Waals surface area contributed by atoms with Gasteiger partial charge in [0.15, 0.2) is 0 Å². The minimum atomic E-state index is 0. The molecule has 2 aliphatic rings. The molecule has 0 radical (unpaired) electrons. The predicted molar refractivity (Wildman–Crippen MR) is 141 cm³/mol. The standard InChI is InChI=1S/2C12H17.2CH3.2ClH.H2Si.Ti/c2*1-2-5-10-8-11-6-3-4-7-12(11)9-10;;;;;;/h2*8-9H,2-7H2,1H3;2*1H3;2*1H;1H2;/q4*-1;;;;. The average molecular weight is 503 g/mol. The molecule has 2 aromatic rings. The van der Waals surface area contributed by atoms with Crippen molar-refractivity contribution in [1.82, 2.24) is 0 Å². The maximum atomic E-state index is 2.43. The van der Waals surface area contributed by atoms with E-state index < -0.39 is 0 Å². The maximum absolute atomic E-state index is 2.43. The molecule has 0 aromatic heterocycles. The molecule has 0 unspecified atom stereocenters. The third-order valence-electron chi connectivity index (χ3n) is 5.63. The number of halogens is 2. The molecule has 0 nitrogen and oxygen atoms in total. The molecule has 174 valence electrons. The van der Waals surface area contributed by atoms with Gasteiger partial charge < -0.3 is 14.9 Å².